The number of rotatable bonds is 7. The van der Waals surface area contributed by atoms with Crippen molar-refractivity contribution in [3.05, 3.63) is 48.6 Å². The van der Waals surface area contributed by atoms with Crippen LogP contribution in [-0.4, -0.2) is 33.0 Å². The second-order valence-electron chi connectivity index (χ2n) is 5.82. The molecule has 1 aliphatic heterocycles. The van der Waals surface area contributed by atoms with E-state index in [0.717, 1.165) is 19.1 Å². The van der Waals surface area contributed by atoms with Gasteiger partial charge in [-0.25, -0.2) is 0 Å². The Morgan fingerprint density at radius 1 is 1.27 bits per heavy atom. The molecule has 1 aromatic carbocycles. The topological polar surface area (TPSA) is 52.6 Å². The van der Waals surface area contributed by atoms with Gasteiger partial charge in [0.15, 0.2) is 0 Å². The van der Waals surface area contributed by atoms with E-state index in [1.807, 2.05) is 24.3 Å². The van der Waals surface area contributed by atoms with E-state index in [1.54, 1.807) is 0 Å². The maximum Gasteiger partial charge on any atom is 0.264 e. The van der Waals surface area contributed by atoms with E-state index in [0.29, 0.717) is 19.3 Å². The van der Waals surface area contributed by atoms with E-state index in [-0.39, 0.29) is 18.3 Å². The van der Waals surface area contributed by atoms with Crippen LogP contribution in [-0.2, 0) is 25.5 Å². The van der Waals surface area contributed by atoms with E-state index in [1.165, 1.54) is 5.56 Å². The molecule has 1 aliphatic rings. The minimum Gasteiger partial charge on any atom is -0.374 e. The molecular weight excluding hydrogens is 300 g/mol. The second-order valence-corrected chi connectivity index (χ2v) is 7.42. The third-order valence-corrected chi connectivity index (χ3v) is 4.40. The average Bonchev–Trinajstić information content (AvgIpc) is 2.44. The van der Waals surface area contributed by atoms with Crippen LogP contribution in [0, 0.1) is 0 Å². The molecule has 1 heterocycles. The highest BCUT2D eigenvalue weighted by molar-refractivity contribution is 7.86. The molecule has 0 unspecified atom stereocenters. The fraction of sp³-hybridized carbons (Fsp3) is 0.529. The van der Waals surface area contributed by atoms with Gasteiger partial charge in [-0.3, -0.25) is 4.18 Å². The van der Waals surface area contributed by atoms with Crippen LogP contribution in [0.25, 0.3) is 0 Å². The number of ether oxygens (including phenoxy) is 1. The summed E-state index contributed by atoms with van der Waals surface area (Å²) in [6.07, 6.45) is 6.32. The summed E-state index contributed by atoms with van der Waals surface area (Å²) >= 11 is 0. The van der Waals surface area contributed by atoms with Crippen LogP contribution in [0.5, 0.6) is 0 Å². The summed E-state index contributed by atoms with van der Waals surface area (Å²) in [6.45, 7) is 3.73. The van der Waals surface area contributed by atoms with Crippen molar-refractivity contribution in [1.29, 1.82) is 0 Å². The molecule has 4 nitrogen and oxygen atoms in total. The minimum absolute atomic E-state index is 0.0150. The molecule has 0 aromatic heterocycles. The molecule has 0 bridgehead atoms. The predicted molar refractivity (Wildman–Crippen MR) is 87.2 cm³/mol. The summed E-state index contributed by atoms with van der Waals surface area (Å²) in [5.74, 6) is 0. The highest BCUT2D eigenvalue weighted by Crippen LogP contribution is 2.27. The SMILES string of the molecule is C=CC[C@@H]1C[C@H](OS(C)(=O)=O)C[C@H](CCc2ccccc2)O1. The largest absolute Gasteiger partial charge is 0.374 e. The first kappa shape index (κ1) is 17.2. The minimum atomic E-state index is -3.43. The van der Waals surface area contributed by atoms with Crippen LogP contribution in [0.4, 0.5) is 0 Å². The van der Waals surface area contributed by atoms with Crippen LogP contribution in [0.15, 0.2) is 43.0 Å². The Morgan fingerprint density at radius 2 is 1.95 bits per heavy atom. The third kappa shape index (κ3) is 5.91. The molecule has 5 heteroatoms. The van der Waals surface area contributed by atoms with Gasteiger partial charge in [0.1, 0.15) is 0 Å². The molecule has 1 aromatic rings. The molecule has 0 amide bonds. The van der Waals surface area contributed by atoms with Gasteiger partial charge in [0.25, 0.3) is 10.1 Å². The van der Waals surface area contributed by atoms with Gasteiger partial charge < -0.3 is 4.74 Å². The zero-order chi connectivity index (χ0) is 16.0. The molecule has 0 N–H and O–H groups in total. The van der Waals surface area contributed by atoms with E-state index in [4.69, 9.17) is 8.92 Å². The number of hydrogen-bond donors (Lipinski definition) is 0. The number of benzene rings is 1. The van der Waals surface area contributed by atoms with Gasteiger partial charge in [-0.1, -0.05) is 36.4 Å². The fourth-order valence-corrected chi connectivity index (χ4v) is 3.54. The summed E-state index contributed by atoms with van der Waals surface area (Å²) in [5.41, 5.74) is 1.26. The second kappa shape index (κ2) is 7.90. The first-order valence-corrected chi connectivity index (χ1v) is 9.46. The first-order valence-electron chi connectivity index (χ1n) is 7.65. The van der Waals surface area contributed by atoms with Crippen molar-refractivity contribution in [2.24, 2.45) is 0 Å². The summed E-state index contributed by atoms with van der Waals surface area (Å²) < 4.78 is 34.0. The lowest BCUT2D eigenvalue weighted by atomic mass is 9.95. The molecular formula is C17H24O4S. The molecule has 1 saturated heterocycles. The monoisotopic (exact) mass is 324 g/mol. The maximum absolute atomic E-state index is 11.4. The highest BCUT2D eigenvalue weighted by Gasteiger charge is 2.31. The van der Waals surface area contributed by atoms with Crippen LogP contribution in [0.3, 0.4) is 0 Å². The zero-order valence-electron chi connectivity index (χ0n) is 13.0. The van der Waals surface area contributed by atoms with Crippen molar-refractivity contribution in [2.75, 3.05) is 6.26 Å². The standard InChI is InChI=1S/C17H24O4S/c1-3-7-15-12-17(21-22(2,18)19)13-16(20-15)11-10-14-8-5-4-6-9-14/h3-6,8-9,15-17H,1,7,10-13H2,2H3/t15-,16+,17+/m1/s1. The van der Waals surface area contributed by atoms with Crippen molar-refractivity contribution in [3.8, 4) is 0 Å². The molecule has 22 heavy (non-hydrogen) atoms. The molecule has 0 aliphatic carbocycles. The van der Waals surface area contributed by atoms with Crippen molar-refractivity contribution in [1.82, 2.24) is 0 Å². The Morgan fingerprint density at radius 3 is 2.59 bits per heavy atom. The predicted octanol–water partition coefficient (Wildman–Crippen LogP) is 3.09. The Balaban J connectivity index is 1.94. The summed E-state index contributed by atoms with van der Waals surface area (Å²) in [6, 6.07) is 10.2. The molecule has 0 spiro atoms. The first-order chi connectivity index (χ1) is 10.5. The summed E-state index contributed by atoms with van der Waals surface area (Å²) in [5, 5.41) is 0. The quantitative estimate of drug-likeness (QED) is 0.571. The van der Waals surface area contributed by atoms with Gasteiger partial charge in [-0.05, 0) is 24.8 Å². The molecule has 122 valence electrons. The zero-order valence-corrected chi connectivity index (χ0v) is 13.8. The van der Waals surface area contributed by atoms with Gasteiger partial charge in [0.05, 0.1) is 24.6 Å². The van der Waals surface area contributed by atoms with Gasteiger partial charge in [0.2, 0.25) is 0 Å². The third-order valence-electron chi connectivity index (χ3n) is 3.77. The molecule has 3 atom stereocenters. The number of hydrogen-bond acceptors (Lipinski definition) is 4. The molecule has 2 rings (SSSR count). The van der Waals surface area contributed by atoms with Gasteiger partial charge >= 0.3 is 0 Å². The summed E-state index contributed by atoms with van der Waals surface area (Å²) in [7, 11) is -3.43. The Kier molecular flexibility index (Phi) is 6.17. The van der Waals surface area contributed by atoms with Crippen molar-refractivity contribution >= 4 is 10.1 Å². The fourth-order valence-electron chi connectivity index (χ4n) is 2.89. The van der Waals surface area contributed by atoms with E-state index in [9.17, 15) is 8.42 Å². The Bertz CT molecular complexity index is 568. The van der Waals surface area contributed by atoms with Crippen LogP contribution >= 0.6 is 0 Å². The van der Waals surface area contributed by atoms with E-state index >= 15 is 0 Å². The van der Waals surface area contributed by atoms with E-state index < -0.39 is 10.1 Å². The Hall–Kier alpha value is -1.17. The lowest BCUT2D eigenvalue weighted by molar-refractivity contribution is -0.0880. The van der Waals surface area contributed by atoms with Crippen LogP contribution < -0.4 is 0 Å². The molecule has 0 radical (unpaired) electrons. The average molecular weight is 324 g/mol. The molecule has 1 fully saturated rings. The van der Waals surface area contributed by atoms with Crippen molar-refractivity contribution in [2.45, 2.75) is 50.4 Å². The Labute approximate surface area is 133 Å². The lowest BCUT2D eigenvalue weighted by Crippen LogP contribution is -2.38. The normalized spacial score (nSPS) is 25.8. The number of aryl methyl sites for hydroxylation is 1. The van der Waals surface area contributed by atoms with Crippen LogP contribution in [0.2, 0.25) is 0 Å². The van der Waals surface area contributed by atoms with Gasteiger partial charge in [0, 0.05) is 12.8 Å². The van der Waals surface area contributed by atoms with Gasteiger partial charge in [-0.2, -0.15) is 8.42 Å². The lowest BCUT2D eigenvalue weighted by Gasteiger charge is -2.34. The van der Waals surface area contributed by atoms with Crippen molar-refractivity contribution in [3.63, 3.8) is 0 Å². The summed E-state index contributed by atoms with van der Waals surface area (Å²) in [4.78, 5) is 0. The van der Waals surface area contributed by atoms with Crippen LogP contribution in [0.1, 0.15) is 31.2 Å². The van der Waals surface area contributed by atoms with Crippen molar-refractivity contribution < 1.29 is 17.3 Å². The highest BCUT2D eigenvalue weighted by atomic mass is 32.2. The maximum atomic E-state index is 11.4. The van der Waals surface area contributed by atoms with Gasteiger partial charge in [-0.15, -0.1) is 6.58 Å². The van der Waals surface area contributed by atoms with E-state index in [2.05, 4.69) is 18.7 Å². The smallest absolute Gasteiger partial charge is 0.264 e. The molecule has 0 saturated carbocycles.